The molecule has 0 spiro atoms. The smallest absolute Gasteiger partial charge is 0.343 e. The maximum Gasteiger partial charge on any atom is 0.343 e. The number of aromatic carboxylic acids is 1. The van der Waals surface area contributed by atoms with Crippen molar-refractivity contribution in [2.75, 3.05) is 0 Å². The molecule has 1 heterocycles. The molecule has 1 aromatic rings. The van der Waals surface area contributed by atoms with Crippen LogP contribution in [0, 0.1) is 0 Å². The van der Waals surface area contributed by atoms with E-state index in [1.165, 1.54) is 12.4 Å². The lowest BCUT2D eigenvalue weighted by atomic mass is 10.1. The first-order valence-electron chi connectivity index (χ1n) is 5.94. The van der Waals surface area contributed by atoms with Gasteiger partial charge in [0.15, 0.2) is 11.5 Å². The van der Waals surface area contributed by atoms with Crippen LogP contribution in [0.5, 0.6) is 11.5 Å². The Morgan fingerprint density at radius 2 is 1.94 bits per heavy atom. The molecule has 0 amide bonds. The van der Waals surface area contributed by atoms with Crippen LogP contribution in [0.4, 0.5) is 0 Å². The van der Waals surface area contributed by atoms with E-state index in [4.69, 9.17) is 9.47 Å². The Hall–Kier alpha value is -1.78. The van der Waals surface area contributed by atoms with Gasteiger partial charge in [0.05, 0.1) is 18.5 Å². The van der Waals surface area contributed by atoms with Gasteiger partial charge >= 0.3 is 5.97 Å². The summed E-state index contributed by atoms with van der Waals surface area (Å²) in [6, 6.07) is 0. The van der Waals surface area contributed by atoms with E-state index >= 15 is 0 Å². The van der Waals surface area contributed by atoms with Crippen molar-refractivity contribution >= 4 is 5.97 Å². The predicted octanol–water partition coefficient (Wildman–Crippen LogP) is 2.50. The summed E-state index contributed by atoms with van der Waals surface area (Å²) in [6.45, 7) is 5.56. The molecule has 0 atom stereocenters. The van der Waals surface area contributed by atoms with Gasteiger partial charge in [-0.05, 0) is 33.6 Å². The summed E-state index contributed by atoms with van der Waals surface area (Å²) in [4.78, 5) is 15.3. The molecule has 0 saturated heterocycles. The zero-order valence-corrected chi connectivity index (χ0v) is 10.8. The lowest BCUT2D eigenvalue weighted by Crippen LogP contribution is -2.24. The minimum Gasteiger partial charge on any atom is -0.488 e. The molecule has 0 unspecified atom stereocenters. The third-order valence-corrected chi connectivity index (χ3v) is 2.32. The van der Waals surface area contributed by atoms with E-state index in [0.717, 1.165) is 12.8 Å². The van der Waals surface area contributed by atoms with Crippen molar-refractivity contribution in [1.82, 2.24) is 4.98 Å². The number of aromatic nitrogens is 1. The molecule has 1 aliphatic rings. The number of ether oxygens (including phenoxy) is 2. The van der Waals surface area contributed by atoms with E-state index in [1.807, 2.05) is 20.8 Å². The predicted molar refractivity (Wildman–Crippen MR) is 65.2 cm³/mol. The maximum atomic E-state index is 11.3. The number of hydrogen-bond donors (Lipinski definition) is 1. The van der Waals surface area contributed by atoms with Gasteiger partial charge in [-0.15, -0.1) is 0 Å². The van der Waals surface area contributed by atoms with Crippen molar-refractivity contribution in [3.63, 3.8) is 0 Å². The van der Waals surface area contributed by atoms with E-state index < -0.39 is 11.6 Å². The zero-order valence-electron chi connectivity index (χ0n) is 10.8. The molecule has 0 aromatic carbocycles. The largest absolute Gasteiger partial charge is 0.488 e. The molecule has 1 N–H and O–H groups in total. The molecule has 1 fully saturated rings. The Morgan fingerprint density at radius 1 is 1.33 bits per heavy atom. The molecule has 5 heteroatoms. The van der Waals surface area contributed by atoms with Gasteiger partial charge < -0.3 is 14.6 Å². The number of rotatable bonds is 4. The summed E-state index contributed by atoms with van der Waals surface area (Å²) in [5.41, 5.74) is -0.434. The number of pyridine rings is 1. The van der Waals surface area contributed by atoms with Crippen LogP contribution in [0.1, 0.15) is 44.0 Å². The van der Waals surface area contributed by atoms with Crippen molar-refractivity contribution in [2.24, 2.45) is 0 Å². The normalized spacial score (nSPS) is 15.3. The van der Waals surface area contributed by atoms with Crippen molar-refractivity contribution in [3.8, 4) is 11.5 Å². The van der Waals surface area contributed by atoms with Crippen molar-refractivity contribution in [1.29, 1.82) is 0 Å². The first-order chi connectivity index (χ1) is 8.37. The summed E-state index contributed by atoms with van der Waals surface area (Å²) in [7, 11) is 0. The highest BCUT2D eigenvalue weighted by atomic mass is 16.5. The number of hydrogen-bond acceptors (Lipinski definition) is 4. The lowest BCUT2D eigenvalue weighted by Gasteiger charge is -2.22. The summed E-state index contributed by atoms with van der Waals surface area (Å²) in [5, 5.41) is 9.29. The van der Waals surface area contributed by atoms with E-state index in [2.05, 4.69) is 4.98 Å². The van der Waals surface area contributed by atoms with E-state index in [0.29, 0.717) is 0 Å². The Morgan fingerprint density at radius 3 is 2.44 bits per heavy atom. The highest BCUT2D eigenvalue weighted by molar-refractivity contribution is 5.93. The van der Waals surface area contributed by atoms with Crippen LogP contribution in [0.2, 0.25) is 0 Å². The molecule has 1 aromatic heterocycles. The summed E-state index contributed by atoms with van der Waals surface area (Å²) < 4.78 is 11.2. The zero-order chi connectivity index (χ0) is 13.3. The molecule has 2 rings (SSSR count). The molecular weight excluding hydrogens is 234 g/mol. The van der Waals surface area contributed by atoms with Crippen LogP contribution in [0.15, 0.2) is 12.4 Å². The monoisotopic (exact) mass is 251 g/mol. The van der Waals surface area contributed by atoms with E-state index in [1.54, 1.807) is 0 Å². The topological polar surface area (TPSA) is 68.7 Å². The van der Waals surface area contributed by atoms with Gasteiger partial charge in [-0.25, -0.2) is 4.79 Å². The fraction of sp³-hybridized carbons (Fsp3) is 0.538. The van der Waals surface area contributed by atoms with Gasteiger partial charge in [0.1, 0.15) is 11.2 Å². The van der Waals surface area contributed by atoms with Gasteiger partial charge in [0.25, 0.3) is 0 Å². The average Bonchev–Trinajstić information content (AvgIpc) is 2.98. The maximum absolute atomic E-state index is 11.3. The third-order valence-electron chi connectivity index (χ3n) is 2.32. The van der Waals surface area contributed by atoms with Crippen LogP contribution in [-0.2, 0) is 0 Å². The fourth-order valence-corrected chi connectivity index (χ4v) is 1.50. The number of nitrogens with zero attached hydrogens (tertiary/aromatic N) is 1. The minimum atomic E-state index is -1.06. The standard InChI is InChI=1S/C13H17NO4/c1-13(2,3)18-10-7-14-6-9(11(10)12(15)16)17-8-4-5-8/h6-8H,4-5H2,1-3H3,(H,15,16). The first kappa shape index (κ1) is 12.7. The summed E-state index contributed by atoms with van der Waals surface area (Å²) >= 11 is 0. The van der Waals surface area contributed by atoms with Gasteiger partial charge in [-0.3, -0.25) is 4.98 Å². The highest BCUT2D eigenvalue weighted by Crippen LogP contribution is 2.34. The van der Waals surface area contributed by atoms with Crippen LogP contribution < -0.4 is 9.47 Å². The van der Waals surface area contributed by atoms with Crippen molar-refractivity contribution in [2.45, 2.75) is 45.3 Å². The fourth-order valence-electron chi connectivity index (χ4n) is 1.50. The molecule has 0 aliphatic heterocycles. The molecule has 5 nitrogen and oxygen atoms in total. The number of carbonyl (C=O) groups is 1. The Bertz CT molecular complexity index is 461. The van der Waals surface area contributed by atoms with Crippen LogP contribution >= 0.6 is 0 Å². The number of carboxylic acids is 1. The van der Waals surface area contributed by atoms with E-state index in [-0.39, 0.29) is 23.2 Å². The average molecular weight is 251 g/mol. The first-order valence-corrected chi connectivity index (χ1v) is 5.94. The molecule has 1 saturated carbocycles. The summed E-state index contributed by atoms with van der Waals surface area (Å²) in [5.74, 6) is -0.535. The minimum absolute atomic E-state index is 0.0480. The summed E-state index contributed by atoms with van der Waals surface area (Å²) in [6.07, 6.45) is 4.88. The van der Waals surface area contributed by atoms with E-state index in [9.17, 15) is 9.90 Å². The second-order valence-electron chi connectivity index (χ2n) is 5.35. The Labute approximate surface area is 106 Å². The second-order valence-corrected chi connectivity index (χ2v) is 5.35. The molecule has 18 heavy (non-hydrogen) atoms. The van der Waals surface area contributed by atoms with Crippen LogP contribution in [0.3, 0.4) is 0 Å². The molecule has 1 aliphatic carbocycles. The Kier molecular flexibility index (Phi) is 3.15. The van der Waals surface area contributed by atoms with Gasteiger partial charge in [-0.1, -0.05) is 0 Å². The van der Waals surface area contributed by atoms with Gasteiger partial charge in [0.2, 0.25) is 0 Å². The van der Waals surface area contributed by atoms with Gasteiger partial charge in [0, 0.05) is 0 Å². The molecular formula is C13H17NO4. The molecule has 98 valence electrons. The highest BCUT2D eigenvalue weighted by Gasteiger charge is 2.28. The second kappa shape index (κ2) is 4.48. The van der Waals surface area contributed by atoms with Crippen molar-refractivity contribution in [3.05, 3.63) is 18.0 Å². The lowest BCUT2D eigenvalue weighted by molar-refractivity contribution is 0.0674. The van der Waals surface area contributed by atoms with Gasteiger partial charge in [-0.2, -0.15) is 0 Å². The quantitative estimate of drug-likeness (QED) is 0.890. The number of carboxylic acid groups (broad SMARTS) is 1. The Balaban J connectivity index is 2.35. The van der Waals surface area contributed by atoms with Crippen molar-refractivity contribution < 1.29 is 19.4 Å². The SMILES string of the molecule is CC(C)(C)Oc1cncc(OC2CC2)c1C(=O)O. The third kappa shape index (κ3) is 3.12. The van der Waals surface area contributed by atoms with Crippen LogP contribution in [0.25, 0.3) is 0 Å². The molecule has 0 radical (unpaired) electrons. The van der Waals surface area contributed by atoms with Crippen LogP contribution in [-0.4, -0.2) is 27.8 Å². The molecule has 0 bridgehead atoms.